The molecule has 0 radical (unpaired) electrons. The van der Waals surface area contributed by atoms with Crippen molar-refractivity contribution < 1.29 is 4.79 Å². The first-order chi connectivity index (χ1) is 9.61. The van der Waals surface area contributed by atoms with Crippen LogP contribution in [0.2, 0.25) is 10.0 Å². The minimum absolute atomic E-state index is 0.0189. The van der Waals surface area contributed by atoms with E-state index in [2.05, 4.69) is 12.1 Å². The van der Waals surface area contributed by atoms with Crippen molar-refractivity contribution in [1.29, 1.82) is 0 Å². The van der Waals surface area contributed by atoms with Crippen LogP contribution in [0.3, 0.4) is 0 Å². The normalized spacial score (nSPS) is 10.6. The van der Waals surface area contributed by atoms with E-state index < -0.39 is 0 Å². The molecule has 0 unspecified atom stereocenters. The van der Waals surface area contributed by atoms with E-state index in [4.69, 9.17) is 23.2 Å². The molecule has 2 aromatic rings. The largest absolute Gasteiger partial charge is 0.294 e. The third-order valence-corrected chi connectivity index (χ3v) is 4.41. The molecule has 0 aliphatic heterocycles. The van der Waals surface area contributed by atoms with Crippen molar-refractivity contribution in [2.24, 2.45) is 0 Å². The highest BCUT2D eigenvalue weighted by atomic mass is 35.5. The van der Waals surface area contributed by atoms with Crippen molar-refractivity contribution in [3.63, 3.8) is 0 Å². The summed E-state index contributed by atoms with van der Waals surface area (Å²) in [5.41, 5.74) is 1.57. The number of aryl methyl sites for hydroxylation is 1. The van der Waals surface area contributed by atoms with Crippen LogP contribution in [-0.4, -0.2) is 12.0 Å². The van der Waals surface area contributed by atoms with Crippen molar-refractivity contribution in [3.05, 3.63) is 63.6 Å². The SMILES string of the molecule is CSc1ccc(CCC(=O)c2c(Cl)cccc2Cl)cc1. The van der Waals surface area contributed by atoms with Gasteiger partial charge in [0.1, 0.15) is 0 Å². The quantitative estimate of drug-likeness (QED) is 0.531. The van der Waals surface area contributed by atoms with Gasteiger partial charge in [-0.2, -0.15) is 0 Å². The molecular formula is C16H14Cl2OS. The van der Waals surface area contributed by atoms with Crippen LogP contribution >= 0.6 is 35.0 Å². The predicted octanol–water partition coefficient (Wildman–Crippen LogP) is 5.53. The summed E-state index contributed by atoms with van der Waals surface area (Å²) >= 11 is 13.8. The first-order valence-corrected chi connectivity index (χ1v) is 8.20. The molecule has 0 aromatic heterocycles. The maximum Gasteiger partial charge on any atom is 0.166 e. The van der Waals surface area contributed by atoms with Gasteiger partial charge in [-0.1, -0.05) is 41.4 Å². The van der Waals surface area contributed by atoms with Crippen molar-refractivity contribution in [2.75, 3.05) is 6.26 Å². The molecule has 0 atom stereocenters. The van der Waals surface area contributed by atoms with Gasteiger partial charge in [0.15, 0.2) is 5.78 Å². The van der Waals surface area contributed by atoms with E-state index in [9.17, 15) is 4.79 Å². The zero-order valence-corrected chi connectivity index (χ0v) is 13.4. The molecule has 0 fully saturated rings. The van der Waals surface area contributed by atoms with Gasteiger partial charge in [0.05, 0.1) is 15.6 Å². The number of Topliss-reactive ketones (excluding diaryl/α,β-unsaturated/α-hetero) is 1. The van der Waals surface area contributed by atoms with Crippen molar-refractivity contribution in [2.45, 2.75) is 17.7 Å². The summed E-state index contributed by atoms with van der Waals surface area (Å²) in [6.07, 6.45) is 3.13. The summed E-state index contributed by atoms with van der Waals surface area (Å²) < 4.78 is 0. The van der Waals surface area contributed by atoms with Crippen LogP contribution in [0.25, 0.3) is 0 Å². The molecule has 1 nitrogen and oxygen atoms in total. The van der Waals surface area contributed by atoms with Gasteiger partial charge < -0.3 is 0 Å². The number of carbonyl (C=O) groups excluding carboxylic acids is 1. The van der Waals surface area contributed by atoms with E-state index in [1.165, 1.54) is 4.90 Å². The molecule has 0 amide bonds. The Bertz CT molecular complexity index is 588. The number of hydrogen-bond acceptors (Lipinski definition) is 2. The van der Waals surface area contributed by atoms with E-state index in [1.54, 1.807) is 30.0 Å². The molecular weight excluding hydrogens is 311 g/mol. The standard InChI is InChI=1S/C16H14Cl2OS/c1-20-12-8-5-11(6-9-12)7-10-15(19)16-13(17)3-2-4-14(16)18/h2-6,8-9H,7,10H2,1H3. The van der Waals surface area contributed by atoms with E-state index in [1.807, 2.05) is 18.4 Å². The fourth-order valence-corrected chi connectivity index (χ4v) is 2.96. The Morgan fingerprint density at radius 3 is 2.20 bits per heavy atom. The molecule has 0 saturated carbocycles. The Kier molecular flexibility index (Phi) is 5.53. The minimum atomic E-state index is -0.0189. The topological polar surface area (TPSA) is 17.1 Å². The van der Waals surface area contributed by atoms with Gasteiger partial charge in [-0.05, 0) is 42.5 Å². The van der Waals surface area contributed by atoms with Crippen molar-refractivity contribution >= 4 is 40.7 Å². The third-order valence-electron chi connectivity index (χ3n) is 3.04. The molecule has 0 heterocycles. The number of thioether (sulfide) groups is 1. The molecule has 0 spiro atoms. The molecule has 0 N–H and O–H groups in total. The lowest BCUT2D eigenvalue weighted by Crippen LogP contribution is -2.03. The van der Waals surface area contributed by atoms with Crippen molar-refractivity contribution in [3.8, 4) is 0 Å². The predicted molar refractivity (Wildman–Crippen MR) is 87.3 cm³/mol. The first kappa shape index (κ1) is 15.4. The Labute approximate surface area is 133 Å². The highest BCUT2D eigenvalue weighted by Crippen LogP contribution is 2.26. The highest BCUT2D eigenvalue weighted by molar-refractivity contribution is 7.98. The van der Waals surface area contributed by atoms with Crippen LogP contribution < -0.4 is 0 Å². The maximum atomic E-state index is 12.2. The molecule has 0 aliphatic carbocycles. The number of halogens is 2. The molecule has 20 heavy (non-hydrogen) atoms. The molecule has 104 valence electrons. The number of benzene rings is 2. The van der Waals surface area contributed by atoms with Gasteiger partial charge in [-0.15, -0.1) is 11.8 Å². The zero-order valence-electron chi connectivity index (χ0n) is 11.0. The number of hydrogen-bond donors (Lipinski definition) is 0. The average Bonchev–Trinajstić information content (AvgIpc) is 2.45. The molecule has 2 aromatic carbocycles. The monoisotopic (exact) mass is 324 g/mol. The maximum absolute atomic E-state index is 12.2. The Hall–Kier alpha value is -0.960. The van der Waals surface area contributed by atoms with Crippen LogP contribution in [0.4, 0.5) is 0 Å². The van der Waals surface area contributed by atoms with Gasteiger partial charge in [-0.3, -0.25) is 4.79 Å². The summed E-state index contributed by atoms with van der Waals surface area (Å²) in [6, 6.07) is 13.3. The summed E-state index contributed by atoms with van der Waals surface area (Å²) in [7, 11) is 0. The Morgan fingerprint density at radius 2 is 1.65 bits per heavy atom. The summed E-state index contributed by atoms with van der Waals surface area (Å²) in [5, 5.41) is 0.834. The second kappa shape index (κ2) is 7.16. The third kappa shape index (κ3) is 3.78. The molecule has 0 aliphatic rings. The summed E-state index contributed by atoms with van der Waals surface area (Å²) in [5.74, 6) is -0.0189. The van der Waals surface area contributed by atoms with E-state index in [-0.39, 0.29) is 5.78 Å². The highest BCUT2D eigenvalue weighted by Gasteiger charge is 2.14. The van der Waals surface area contributed by atoms with E-state index >= 15 is 0 Å². The number of carbonyl (C=O) groups is 1. The number of ketones is 1. The lowest BCUT2D eigenvalue weighted by molar-refractivity contribution is 0.0983. The zero-order chi connectivity index (χ0) is 14.5. The summed E-state index contributed by atoms with van der Waals surface area (Å²) in [6.45, 7) is 0. The lowest BCUT2D eigenvalue weighted by atomic mass is 10.0. The van der Waals surface area contributed by atoms with E-state index in [0.717, 1.165) is 5.56 Å². The van der Waals surface area contributed by atoms with Crippen molar-refractivity contribution in [1.82, 2.24) is 0 Å². The molecule has 0 saturated heterocycles. The van der Waals surface area contributed by atoms with Crippen LogP contribution in [-0.2, 0) is 6.42 Å². The van der Waals surface area contributed by atoms with Gasteiger partial charge in [0, 0.05) is 11.3 Å². The fraction of sp³-hybridized carbons (Fsp3) is 0.188. The Balaban J connectivity index is 2.05. The van der Waals surface area contributed by atoms with Crippen LogP contribution in [0.15, 0.2) is 47.4 Å². The smallest absolute Gasteiger partial charge is 0.166 e. The summed E-state index contributed by atoms with van der Waals surface area (Å²) in [4.78, 5) is 13.4. The van der Waals surface area contributed by atoms with Crippen LogP contribution in [0.1, 0.15) is 22.3 Å². The molecule has 4 heteroatoms. The average molecular weight is 325 g/mol. The minimum Gasteiger partial charge on any atom is -0.294 e. The lowest BCUT2D eigenvalue weighted by Gasteiger charge is -2.06. The van der Waals surface area contributed by atoms with Crippen LogP contribution in [0.5, 0.6) is 0 Å². The second-order valence-corrected chi connectivity index (χ2v) is 6.06. The fourth-order valence-electron chi connectivity index (χ4n) is 1.94. The van der Waals surface area contributed by atoms with Gasteiger partial charge >= 0.3 is 0 Å². The van der Waals surface area contributed by atoms with Gasteiger partial charge in [0.2, 0.25) is 0 Å². The van der Waals surface area contributed by atoms with Gasteiger partial charge in [-0.25, -0.2) is 0 Å². The Morgan fingerprint density at radius 1 is 1.05 bits per heavy atom. The van der Waals surface area contributed by atoms with E-state index in [0.29, 0.717) is 28.5 Å². The molecule has 0 bridgehead atoms. The first-order valence-electron chi connectivity index (χ1n) is 6.22. The molecule has 2 rings (SSSR count). The van der Waals surface area contributed by atoms with Crippen LogP contribution in [0, 0.1) is 0 Å². The second-order valence-electron chi connectivity index (χ2n) is 4.37. The number of rotatable bonds is 5. The van der Waals surface area contributed by atoms with Gasteiger partial charge in [0.25, 0.3) is 0 Å².